The number of amides is 1. The molecule has 134 valence electrons. The Bertz CT molecular complexity index is 717. The van der Waals surface area contributed by atoms with E-state index < -0.39 is 0 Å². The Morgan fingerprint density at radius 2 is 2.16 bits per heavy atom. The summed E-state index contributed by atoms with van der Waals surface area (Å²) in [5, 5.41) is 12.0. The van der Waals surface area contributed by atoms with E-state index in [-0.39, 0.29) is 17.5 Å². The first kappa shape index (κ1) is 17.8. The summed E-state index contributed by atoms with van der Waals surface area (Å²) in [4.78, 5) is 14.6. The summed E-state index contributed by atoms with van der Waals surface area (Å²) in [6.45, 7) is 2.74. The molecule has 0 bridgehead atoms. The second-order valence-corrected chi connectivity index (χ2v) is 7.06. The minimum absolute atomic E-state index is 0.105. The summed E-state index contributed by atoms with van der Waals surface area (Å²) in [5.74, 6) is 0.0303. The average molecular weight is 363 g/mol. The van der Waals surface area contributed by atoms with E-state index in [4.69, 9.17) is 0 Å². The summed E-state index contributed by atoms with van der Waals surface area (Å²) in [6.07, 6.45) is 5.83. The zero-order valence-corrected chi connectivity index (χ0v) is 15.1. The fourth-order valence-electron chi connectivity index (χ4n) is 3.28. The molecule has 0 spiro atoms. The van der Waals surface area contributed by atoms with Gasteiger partial charge in [-0.2, -0.15) is 4.68 Å². The van der Waals surface area contributed by atoms with E-state index in [1.165, 1.54) is 47.8 Å². The lowest BCUT2D eigenvalue weighted by Gasteiger charge is -2.33. The lowest BCUT2D eigenvalue weighted by molar-refractivity contribution is -0.131. The van der Waals surface area contributed by atoms with Gasteiger partial charge in [0.25, 0.3) is 0 Å². The van der Waals surface area contributed by atoms with E-state index in [9.17, 15) is 9.18 Å². The van der Waals surface area contributed by atoms with E-state index in [1.54, 1.807) is 12.1 Å². The predicted molar refractivity (Wildman–Crippen MR) is 94.1 cm³/mol. The van der Waals surface area contributed by atoms with Gasteiger partial charge in [0.2, 0.25) is 11.1 Å². The van der Waals surface area contributed by atoms with Crippen molar-refractivity contribution in [2.24, 2.45) is 0 Å². The van der Waals surface area contributed by atoms with Crippen LogP contribution in [0, 0.1) is 5.82 Å². The molecule has 1 heterocycles. The number of nitrogens with zero attached hydrogens (tertiary/aromatic N) is 5. The molecular formula is C17H22FN5OS. The van der Waals surface area contributed by atoms with Crippen LogP contribution in [0.3, 0.4) is 0 Å². The molecule has 2 aromatic rings. The number of hydrogen-bond donors (Lipinski definition) is 0. The Balaban J connectivity index is 1.65. The second-order valence-electron chi connectivity index (χ2n) is 6.11. The van der Waals surface area contributed by atoms with Gasteiger partial charge in [-0.05, 0) is 48.4 Å². The molecule has 0 unspecified atom stereocenters. The highest BCUT2D eigenvalue weighted by Gasteiger charge is 2.24. The van der Waals surface area contributed by atoms with Crippen LogP contribution in [0.2, 0.25) is 0 Å². The van der Waals surface area contributed by atoms with Crippen LogP contribution in [-0.4, -0.2) is 49.4 Å². The van der Waals surface area contributed by atoms with Gasteiger partial charge in [0.1, 0.15) is 5.82 Å². The van der Waals surface area contributed by atoms with Crippen LogP contribution >= 0.6 is 11.8 Å². The molecule has 1 aliphatic carbocycles. The second kappa shape index (κ2) is 8.42. The van der Waals surface area contributed by atoms with Crippen molar-refractivity contribution < 1.29 is 9.18 Å². The van der Waals surface area contributed by atoms with E-state index >= 15 is 0 Å². The molecule has 3 rings (SSSR count). The van der Waals surface area contributed by atoms with Crippen molar-refractivity contribution in [3.05, 3.63) is 30.1 Å². The van der Waals surface area contributed by atoms with Crippen LogP contribution in [0.25, 0.3) is 5.69 Å². The first-order chi connectivity index (χ1) is 12.2. The number of aromatic nitrogens is 4. The van der Waals surface area contributed by atoms with Gasteiger partial charge in [-0.3, -0.25) is 4.79 Å². The molecule has 0 N–H and O–H groups in total. The predicted octanol–water partition coefficient (Wildman–Crippen LogP) is 3.07. The van der Waals surface area contributed by atoms with Gasteiger partial charge in [-0.1, -0.05) is 37.1 Å². The van der Waals surface area contributed by atoms with Crippen molar-refractivity contribution in [2.45, 2.75) is 50.2 Å². The molecule has 1 aromatic carbocycles. The minimum atomic E-state index is -0.352. The highest BCUT2D eigenvalue weighted by molar-refractivity contribution is 7.99. The Hall–Kier alpha value is -1.96. The summed E-state index contributed by atoms with van der Waals surface area (Å²) in [5.41, 5.74) is 0.541. The van der Waals surface area contributed by atoms with E-state index in [2.05, 4.69) is 15.5 Å². The lowest BCUT2D eigenvalue weighted by Crippen LogP contribution is -2.42. The number of tetrazole rings is 1. The van der Waals surface area contributed by atoms with Gasteiger partial charge in [0.05, 0.1) is 11.4 Å². The third kappa shape index (κ3) is 4.36. The van der Waals surface area contributed by atoms with Crippen molar-refractivity contribution >= 4 is 17.7 Å². The molecule has 6 nitrogen and oxygen atoms in total. The number of carbonyl (C=O) groups is 1. The monoisotopic (exact) mass is 363 g/mol. The number of carbonyl (C=O) groups excluding carboxylic acids is 1. The van der Waals surface area contributed by atoms with Gasteiger partial charge in [-0.15, -0.1) is 5.10 Å². The Morgan fingerprint density at radius 3 is 2.88 bits per heavy atom. The molecule has 1 amide bonds. The molecule has 0 aliphatic heterocycles. The van der Waals surface area contributed by atoms with Gasteiger partial charge in [0, 0.05) is 12.6 Å². The molecule has 1 aromatic heterocycles. The van der Waals surface area contributed by atoms with E-state index in [0.29, 0.717) is 16.9 Å². The minimum Gasteiger partial charge on any atom is -0.339 e. The maximum atomic E-state index is 13.4. The first-order valence-electron chi connectivity index (χ1n) is 8.65. The molecule has 25 heavy (non-hydrogen) atoms. The summed E-state index contributed by atoms with van der Waals surface area (Å²) in [6, 6.07) is 6.42. The van der Waals surface area contributed by atoms with Gasteiger partial charge in [0.15, 0.2) is 0 Å². The van der Waals surface area contributed by atoms with Crippen LogP contribution in [0.4, 0.5) is 4.39 Å². The van der Waals surface area contributed by atoms with Gasteiger partial charge >= 0.3 is 0 Å². The summed E-state index contributed by atoms with van der Waals surface area (Å²) in [7, 11) is 0. The highest BCUT2D eigenvalue weighted by atomic mass is 32.2. The maximum Gasteiger partial charge on any atom is 0.233 e. The van der Waals surface area contributed by atoms with Gasteiger partial charge < -0.3 is 4.90 Å². The molecule has 0 saturated heterocycles. The molecular weight excluding hydrogens is 341 g/mol. The molecule has 1 aliphatic rings. The van der Waals surface area contributed by atoms with Crippen LogP contribution in [0.5, 0.6) is 0 Å². The van der Waals surface area contributed by atoms with Crippen molar-refractivity contribution in [1.82, 2.24) is 25.1 Å². The van der Waals surface area contributed by atoms with Crippen molar-refractivity contribution in [3.8, 4) is 5.69 Å². The van der Waals surface area contributed by atoms with Crippen molar-refractivity contribution in [2.75, 3.05) is 12.3 Å². The highest BCUT2D eigenvalue weighted by Crippen LogP contribution is 2.24. The Kier molecular flexibility index (Phi) is 6.01. The van der Waals surface area contributed by atoms with E-state index in [1.807, 2.05) is 11.8 Å². The van der Waals surface area contributed by atoms with Crippen LogP contribution < -0.4 is 0 Å². The standard InChI is InChI=1S/C17H22FN5OS/c1-2-22(14-8-4-3-5-9-14)16(24)12-25-17-19-20-21-23(17)15-10-6-7-13(18)11-15/h6-7,10-11,14H,2-5,8-9,12H2,1H3. The number of thioether (sulfide) groups is 1. The number of halogens is 1. The molecule has 0 atom stereocenters. The zero-order chi connectivity index (χ0) is 17.6. The summed E-state index contributed by atoms with van der Waals surface area (Å²) >= 11 is 1.28. The third-order valence-corrected chi connectivity index (χ3v) is 5.40. The SMILES string of the molecule is CCN(C(=O)CSc1nnnn1-c1cccc(F)c1)C1CCCCC1. The summed E-state index contributed by atoms with van der Waals surface area (Å²) < 4.78 is 14.9. The van der Waals surface area contributed by atoms with Crippen molar-refractivity contribution in [1.29, 1.82) is 0 Å². The molecule has 1 saturated carbocycles. The Morgan fingerprint density at radius 1 is 1.36 bits per heavy atom. The average Bonchev–Trinajstić information content (AvgIpc) is 3.10. The van der Waals surface area contributed by atoms with Crippen LogP contribution in [0.15, 0.2) is 29.4 Å². The Labute approximate surface area is 150 Å². The maximum absolute atomic E-state index is 13.4. The third-order valence-electron chi connectivity index (χ3n) is 4.49. The fraction of sp³-hybridized carbons (Fsp3) is 0.529. The van der Waals surface area contributed by atoms with Gasteiger partial charge in [-0.25, -0.2) is 4.39 Å². The van der Waals surface area contributed by atoms with E-state index in [0.717, 1.165) is 19.4 Å². The topological polar surface area (TPSA) is 63.9 Å². The first-order valence-corrected chi connectivity index (χ1v) is 9.64. The zero-order valence-electron chi connectivity index (χ0n) is 14.3. The van der Waals surface area contributed by atoms with Crippen LogP contribution in [-0.2, 0) is 4.79 Å². The molecule has 8 heteroatoms. The number of benzene rings is 1. The molecule has 1 fully saturated rings. The van der Waals surface area contributed by atoms with Crippen molar-refractivity contribution in [3.63, 3.8) is 0 Å². The normalized spacial score (nSPS) is 15.3. The number of hydrogen-bond acceptors (Lipinski definition) is 5. The largest absolute Gasteiger partial charge is 0.339 e. The lowest BCUT2D eigenvalue weighted by atomic mass is 9.94. The smallest absolute Gasteiger partial charge is 0.233 e. The quantitative estimate of drug-likeness (QED) is 0.738. The fourth-order valence-corrected chi connectivity index (χ4v) is 4.06. The van der Waals surface area contributed by atoms with Crippen LogP contribution in [0.1, 0.15) is 39.0 Å². The molecule has 0 radical (unpaired) electrons. The number of rotatable bonds is 6.